The minimum atomic E-state index is -0.296. The lowest BCUT2D eigenvalue weighted by atomic mass is 10.1. The van der Waals surface area contributed by atoms with Gasteiger partial charge in [-0.25, -0.2) is 0 Å². The summed E-state index contributed by atoms with van der Waals surface area (Å²) in [6.45, 7) is 1.29. The van der Waals surface area contributed by atoms with Crippen molar-refractivity contribution in [3.05, 3.63) is 78.2 Å². The molecule has 5 aromatic rings. The monoisotopic (exact) mass is 484 g/mol. The van der Waals surface area contributed by atoms with Gasteiger partial charge in [-0.15, -0.1) is 21.5 Å². The molecule has 0 aliphatic carbocycles. The summed E-state index contributed by atoms with van der Waals surface area (Å²) in [6.07, 6.45) is 0. The van der Waals surface area contributed by atoms with Gasteiger partial charge < -0.3 is 15.4 Å². The Kier molecular flexibility index (Phi) is 6.18. The highest BCUT2D eigenvalue weighted by Crippen LogP contribution is 2.25. The summed E-state index contributed by atoms with van der Waals surface area (Å²) in [6, 6.07) is 21.9. The molecule has 2 amide bonds. The number of thiophene rings is 1. The Morgan fingerprint density at radius 2 is 1.80 bits per heavy atom. The van der Waals surface area contributed by atoms with Crippen molar-refractivity contribution >= 4 is 40.2 Å². The van der Waals surface area contributed by atoms with Crippen LogP contribution in [0.4, 0.5) is 11.4 Å². The molecular weight excluding hydrogens is 464 g/mol. The van der Waals surface area contributed by atoms with E-state index in [-0.39, 0.29) is 18.4 Å². The number of fused-ring (bicyclic) bond motifs is 1. The van der Waals surface area contributed by atoms with Gasteiger partial charge in [0.2, 0.25) is 5.91 Å². The predicted octanol–water partition coefficient (Wildman–Crippen LogP) is 4.50. The van der Waals surface area contributed by atoms with E-state index in [0.29, 0.717) is 28.6 Å². The standard InChI is InChI=1S/C25H20N6O3S/c1-16(32)26-18-7-9-20(10-8-18)34-15-24(33)27-19-5-2-4-17(14-19)21-11-12-23-28-29-25(31(23)30-21)22-6-3-13-35-22/h2-14H,15H2,1H3,(H,26,32)(H,27,33). The van der Waals surface area contributed by atoms with E-state index >= 15 is 0 Å². The normalized spacial score (nSPS) is 10.8. The number of nitrogens with one attached hydrogen (secondary N) is 2. The molecule has 0 aliphatic rings. The molecule has 0 unspecified atom stereocenters. The molecule has 0 radical (unpaired) electrons. The fraction of sp³-hybridized carbons (Fsp3) is 0.0800. The molecule has 2 N–H and O–H groups in total. The average molecular weight is 485 g/mol. The number of ether oxygens (including phenoxy) is 1. The van der Waals surface area contributed by atoms with Crippen LogP contribution in [0.15, 0.2) is 78.2 Å². The van der Waals surface area contributed by atoms with Crippen LogP contribution in [0.1, 0.15) is 6.92 Å². The number of hydrogen-bond acceptors (Lipinski definition) is 7. The minimum Gasteiger partial charge on any atom is -0.484 e. The van der Waals surface area contributed by atoms with Crippen molar-refractivity contribution in [2.75, 3.05) is 17.2 Å². The number of benzene rings is 2. The van der Waals surface area contributed by atoms with Crippen LogP contribution in [-0.4, -0.2) is 38.2 Å². The predicted molar refractivity (Wildman–Crippen MR) is 134 cm³/mol. The van der Waals surface area contributed by atoms with Crippen molar-refractivity contribution in [2.45, 2.75) is 6.92 Å². The van der Waals surface area contributed by atoms with Crippen LogP contribution in [0.5, 0.6) is 5.75 Å². The lowest BCUT2D eigenvalue weighted by Crippen LogP contribution is -2.20. The van der Waals surface area contributed by atoms with Crippen molar-refractivity contribution in [1.82, 2.24) is 19.8 Å². The molecule has 10 heteroatoms. The molecule has 0 bridgehead atoms. The summed E-state index contributed by atoms with van der Waals surface area (Å²) >= 11 is 1.57. The number of amides is 2. The Bertz CT molecular complexity index is 1500. The van der Waals surface area contributed by atoms with Crippen molar-refractivity contribution < 1.29 is 14.3 Å². The summed E-state index contributed by atoms with van der Waals surface area (Å²) in [7, 11) is 0. The van der Waals surface area contributed by atoms with Gasteiger partial charge in [-0.2, -0.15) is 9.61 Å². The molecule has 5 rings (SSSR count). The molecule has 0 atom stereocenters. The van der Waals surface area contributed by atoms with Crippen LogP contribution in [0, 0.1) is 0 Å². The molecule has 0 saturated heterocycles. The number of carbonyl (C=O) groups excluding carboxylic acids is 2. The Balaban J connectivity index is 1.27. The summed E-state index contributed by atoms with van der Waals surface area (Å²) in [5.41, 5.74) is 3.50. The Labute approximate surface area is 204 Å². The van der Waals surface area contributed by atoms with Gasteiger partial charge in [0, 0.05) is 23.9 Å². The zero-order valence-corrected chi connectivity index (χ0v) is 19.5. The van der Waals surface area contributed by atoms with Crippen LogP contribution < -0.4 is 15.4 Å². The Morgan fingerprint density at radius 1 is 0.943 bits per heavy atom. The number of rotatable bonds is 7. The van der Waals surface area contributed by atoms with Crippen LogP contribution >= 0.6 is 11.3 Å². The Hall–Kier alpha value is -4.57. The third-order valence-corrected chi connectivity index (χ3v) is 5.86. The second-order valence-corrected chi connectivity index (χ2v) is 8.56. The fourth-order valence-electron chi connectivity index (χ4n) is 3.44. The zero-order chi connectivity index (χ0) is 24.2. The molecule has 9 nitrogen and oxygen atoms in total. The molecule has 3 heterocycles. The number of carbonyl (C=O) groups is 2. The molecule has 35 heavy (non-hydrogen) atoms. The first-order valence-corrected chi connectivity index (χ1v) is 11.6. The van der Waals surface area contributed by atoms with Gasteiger partial charge in [0.25, 0.3) is 5.91 Å². The summed E-state index contributed by atoms with van der Waals surface area (Å²) in [5, 5.41) is 20.7. The molecule has 0 aliphatic heterocycles. The second-order valence-electron chi connectivity index (χ2n) is 7.61. The van der Waals surface area contributed by atoms with E-state index in [1.165, 1.54) is 6.92 Å². The number of nitrogens with zero attached hydrogens (tertiary/aromatic N) is 4. The van der Waals surface area contributed by atoms with Gasteiger partial charge in [-0.1, -0.05) is 18.2 Å². The lowest BCUT2D eigenvalue weighted by molar-refractivity contribution is -0.118. The van der Waals surface area contributed by atoms with Crippen molar-refractivity contribution in [3.63, 3.8) is 0 Å². The molecule has 0 spiro atoms. The molecule has 174 valence electrons. The quantitative estimate of drug-likeness (QED) is 0.352. The van der Waals surface area contributed by atoms with E-state index in [9.17, 15) is 9.59 Å². The van der Waals surface area contributed by atoms with Crippen molar-refractivity contribution in [2.24, 2.45) is 0 Å². The van der Waals surface area contributed by atoms with Crippen molar-refractivity contribution in [3.8, 4) is 27.7 Å². The highest BCUT2D eigenvalue weighted by Gasteiger charge is 2.12. The van der Waals surface area contributed by atoms with Crippen LogP contribution in [0.2, 0.25) is 0 Å². The summed E-state index contributed by atoms with van der Waals surface area (Å²) < 4.78 is 7.27. The second kappa shape index (κ2) is 9.74. The van der Waals surface area contributed by atoms with E-state index in [0.717, 1.165) is 16.1 Å². The van der Waals surface area contributed by atoms with Crippen LogP contribution in [0.25, 0.3) is 27.6 Å². The molecule has 3 aromatic heterocycles. The molecule has 0 fully saturated rings. The van der Waals surface area contributed by atoms with Gasteiger partial charge in [0.15, 0.2) is 18.1 Å². The third-order valence-electron chi connectivity index (χ3n) is 4.99. The smallest absolute Gasteiger partial charge is 0.262 e. The SMILES string of the molecule is CC(=O)Nc1ccc(OCC(=O)Nc2cccc(-c3ccc4nnc(-c5cccs5)n4n3)c2)cc1. The molecular formula is C25H20N6O3S. The first-order valence-electron chi connectivity index (χ1n) is 10.7. The number of aromatic nitrogens is 4. The molecule has 0 saturated carbocycles. The average Bonchev–Trinajstić information content (AvgIpc) is 3.53. The maximum atomic E-state index is 12.4. The summed E-state index contributed by atoms with van der Waals surface area (Å²) in [5.74, 6) is 0.759. The van der Waals surface area contributed by atoms with Gasteiger partial charge in [0.1, 0.15) is 5.75 Å². The topological polar surface area (TPSA) is 111 Å². The number of hydrogen-bond donors (Lipinski definition) is 2. The highest BCUT2D eigenvalue weighted by molar-refractivity contribution is 7.13. The first kappa shape index (κ1) is 22.2. The van der Waals surface area contributed by atoms with Gasteiger partial charge in [-0.05, 0) is 60.0 Å². The van der Waals surface area contributed by atoms with E-state index < -0.39 is 0 Å². The van der Waals surface area contributed by atoms with E-state index in [4.69, 9.17) is 9.84 Å². The van der Waals surface area contributed by atoms with Gasteiger partial charge >= 0.3 is 0 Å². The van der Waals surface area contributed by atoms with Gasteiger partial charge in [-0.3, -0.25) is 9.59 Å². The van der Waals surface area contributed by atoms with Crippen LogP contribution in [0.3, 0.4) is 0 Å². The number of anilines is 2. The largest absolute Gasteiger partial charge is 0.484 e. The maximum absolute atomic E-state index is 12.4. The van der Waals surface area contributed by atoms with Crippen molar-refractivity contribution in [1.29, 1.82) is 0 Å². The van der Waals surface area contributed by atoms with Crippen LogP contribution in [-0.2, 0) is 9.59 Å². The Morgan fingerprint density at radius 3 is 2.57 bits per heavy atom. The van der Waals surface area contributed by atoms with E-state index in [1.54, 1.807) is 46.2 Å². The lowest BCUT2D eigenvalue weighted by Gasteiger charge is -2.10. The van der Waals surface area contributed by atoms with E-state index in [1.807, 2.05) is 47.8 Å². The van der Waals surface area contributed by atoms with Gasteiger partial charge in [0.05, 0.1) is 10.6 Å². The maximum Gasteiger partial charge on any atom is 0.262 e. The zero-order valence-electron chi connectivity index (χ0n) is 18.6. The third kappa shape index (κ3) is 5.17. The minimum absolute atomic E-state index is 0.153. The first-order chi connectivity index (χ1) is 17.0. The molecule has 2 aromatic carbocycles. The highest BCUT2D eigenvalue weighted by atomic mass is 32.1. The van der Waals surface area contributed by atoms with E-state index in [2.05, 4.69) is 20.8 Å². The fourth-order valence-corrected chi connectivity index (χ4v) is 4.14. The summed E-state index contributed by atoms with van der Waals surface area (Å²) in [4.78, 5) is 24.5.